The number of hydrogen-bond acceptors (Lipinski definition) is 6. The van der Waals surface area contributed by atoms with E-state index in [-0.39, 0.29) is 17.7 Å². The van der Waals surface area contributed by atoms with Gasteiger partial charge in [0.1, 0.15) is 11.6 Å². The number of carboxylic acid groups (broad SMARTS) is 1. The van der Waals surface area contributed by atoms with E-state index < -0.39 is 5.97 Å². The summed E-state index contributed by atoms with van der Waals surface area (Å²) in [6.45, 7) is 0. The molecule has 0 saturated heterocycles. The predicted molar refractivity (Wildman–Crippen MR) is 124 cm³/mol. The molecule has 1 amide bonds. The van der Waals surface area contributed by atoms with Crippen LogP contribution < -0.4 is 16.4 Å². The second kappa shape index (κ2) is 12.0. The minimum atomic E-state index is -0.656. The second-order valence-corrected chi connectivity index (χ2v) is 8.56. The Morgan fingerprint density at radius 3 is 1.53 bits per heavy atom. The Kier molecular flexibility index (Phi) is 8.83. The average Bonchev–Trinajstić information content (AvgIpc) is 2.82. The maximum absolute atomic E-state index is 11.0. The number of nitrogens with two attached hydrogens (primary N) is 1. The first kappa shape index (κ1) is 23.5. The highest BCUT2D eigenvalue weighted by Crippen LogP contribution is 2.27. The van der Waals surface area contributed by atoms with E-state index in [1.54, 1.807) is 12.4 Å². The summed E-state index contributed by atoms with van der Waals surface area (Å²) >= 11 is 0. The molecule has 2 aliphatic carbocycles. The van der Waals surface area contributed by atoms with Crippen LogP contribution in [0.1, 0.15) is 51.4 Å². The summed E-state index contributed by atoms with van der Waals surface area (Å²) in [6, 6.07) is 12.4. The number of nitrogens with one attached hydrogen (secondary N) is 2. The lowest BCUT2D eigenvalue weighted by Gasteiger charge is -2.27. The van der Waals surface area contributed by atoms with Gasteiger partial charge in [-0.05, 0) is 75.6 Å². The van der Waals surface area contributed by atoms with Crippen molar-refractivity contribution >= 4 is 23.5 Å². The molecule has 0 spiro atoms. The van der Waals surface area contributed by atoms with Crippen molar-refractivity contribution in [3.05, 3.63) is 48.8 Å². The number of nitrogens with zero attached hydrogens (tertiary/aromatic N) is 2. The summed E-state index contributed by atoms with van der Waals surface area (Å²) in [7, 11) is 0. The molecule has 0 radical (unpaired) electrons. The number of pyridine rings is 2. The topological polar surface area (TPSA) is 130 Å². The van der Waals surface area contributed by atoms with E-state index in [0.717, 1.165) is 63.0 Å². The van der Waals surface area contributed by atoms with Crippen molar-refractivity contribution in [2.45, 2.75) is 63.5 Å². The molecule has 0 unspecified atom stereocenters. The molecule has 2 saturated carbocycles. The third-order valence-corrected chi connectivity index (χ3v) is 6.24. The van der Waals surface area contributed by atoms with E-state index in [9.17, 15) is 9.59 Å². The van der Waals surface area contributed by atoms with Gasteiger partial charge in [0.15, 0.2) is 0 Å². The van der Waals surface area contributed by atoms with Gasteiger partial charge in [-0.3, -0.25) is 9.59 Å². The minimum absolute atomic E-state index is 0.0711. The van der Waals surface area contributed by atoms with Gasteiger partial charge in [-0.15, -0.1) is 0 Å². The fraction of sp³-hybridized carbons (Fsp3) is 0.500. The Hall–Kier alpha value is -3.16. The molecular formula is C24H33N5O3. The molecule has 32 heavy (non-hydrogen) atoms. The Balaban J connectivity index is 0.000000181. The Morgan fingerprint density at radius 1 is 0.750 bits per heavy atom. The highest BCUT2D eigenvalue weighted by atomic mass is 16.4. The van der Waals surface area contributed by atoms with Crippen LogP contribution in [0.15, 0.2) is 48.8 Å². The van der Waals surface area contributed by atoms with Gasteiger partial charge < -0.3 is 21.5 Å². The second-order valence-electron chi connectivity index (χ2n) is 8.56. The van der Waals surface area contributed by atoms with Gasteiger partial charge in [-0.25, -0.2) is 9.97 Å². The van der Waals surface area contributed by atoms with Crippen LogP contribution in [0.25, 0.3) is 0 Å². The van der Waals surface area contributed by atoms with Gasteiger partial charge in [0.25, 0.3) is 0 Å². The summed E-state index contributed by atoms with van der Waals surface area (Å²) in [6.07, 6.45) is 10.6. The Morgan fingerprint density at radius 2 is 1.19 bits per heavy atom. The Bertz CT molecular complexity index is 762. The van der Waals surface area contributed by atoms with E-state index in [2.05, 4.69) is 20.6 Å². The quantitative estimate of drug-likeness (QED) is 0.540. The predicted octanol–water partition coefficient (Wildman–Crippen LogP) is 3.67. The van der Waals surface area contributed by atoms with E-state index >= 15 is 0 Å². The third-order valence-electron chi connectivity index (χ3n) is 6.24. The molecule has 0 bridgehead atoms. The molecule has 2 fully saturated rings. The summed E-state index contributed by atoms with van der Waals surface area (Å²) in [5.74, 6) is 0.891. The highest BCUT2D eigenvalue weighted by Gasteiger charge is 2.26. The first-order chi connectivity index (χ1) is 15.5. The smallest absolute Gasteiger partial charge is 0.306 e. The minimum Gasteiger partial charge on any atom is -0.481 e. The molecule has 2 aliphatic rings. The lowest BCUT2D eigenvalue weighted by atomic mass is 9.85. The number of amides is 1. The van der Waals surface area contributed by atoms with Gasteiger partial charge in [0, 0.05) is 30.4 Å². The SMILES string of the molecule is NC(=O)C1CCC(Nc2ccccn2)CC1.O=C(O)C1CCC(Nc2ccccn2)CC1. The van der Waals surface area contributed by atoms with Crippen molar-refractivity contribution in [1.82, 2.24) is 9.97 Å². The molecule has 8 heteroatoms. The van der Waals surface area contributed by atoms with Gasteiger partial charge in [0.05, 0.1) is 5.92 Å². The normalized spacial score (nSPS) is 25.0. The number of aliphatic carboxylic acids is 1. The van der Waals surface area contributed by atoms with Crippen LogP contribution in [0.2, 0.25) is 0 Å². The van der Waals surface area contributed by atoms with Crippen LogP contribution >= 0.6 is 0 Å². The van der Waals surface area contributed by atoms with Crippen LogP contribution in [0, 0.1) is 11.8 Å². The molecule has 172 valence electrons. The molecule has 2 aromatic rings. The number of carbonyl (C=O) groups is 2. The van der Waals surface area contributed by atoms with Gasteiger partial charge >= 0.3 is 5.97 Å². The maximum atomic E-state index is 11.0. The first-order valence-corrected chi connectivity index (χ1v) is 11.4. The fourth-order valence-corrected chi connectivity index (χ4v) is 4.32. The third kappa shape index (κ3) is 7.51. The monoisotopic (exact) mass is 439 g/mol. The van der Waals surface area contributed by atoms with E-state index in [0.29, 0.717) is 12.1 Å². The van der Waals surface area contributed by atoms with Crippen molar-refractivity contribution in [2.75, 3.05) is 10.6 Å². The lowest BCUT2D eigenvalue weighted by Crippen LogP contribution is -2.32. The average molecular weight is 440 g/mol. The summed E-state index contributed by atoms with van der Waals surface area (Å²) in [5.41, 5.74) is 5.29. The van der Waals surface area contributed by atoms with Gasteiger partial charge in [-0.2, -0.15) is 0 Å². The number of aromatic nitrogens is 2. The van der Waals surface area contributed by atoms with Crippen LogP contribution in [0.5, 0.6) is 0 Å². The molecule has 4 rings (SSSR count). The fourth-order valence-electron chi connectivity index (χ4n) is 4.32. The van der Waals surface area contributed by atoms with Gasteiger partial charge in [0.2, 0.25) is 5.91 Å². The highest BCUT2D eigenvalue weighted by molar-refractivity contribution is 5.76. The first-order valence-electron chi connectivity index (χ1n) is 11.4. The summed E-state index contributed by atoms with van der Waals surface area (Å²) in [4.78, 5) is 30.2. The standard InChI is InChI=1S/C12H17N3O.C12H16N2O2/c13-12(16)9-4-6-10(7-5-9)15-11-3-1-2-8-14-11;15-12(16)9-4-6-10(7-5-9)14-11-3-1-2-8-13-11/h1-3,8-10H,4-7H2,(H2,13,16)(H,14,15);1-3,8-10H,4-7H2,(H,13,14)(H,15,16). The number of carbonyl (C=O) groups excluding carboxylic acids is 1. The van der Waals surface area contributed by atoms with E-state index in [1.807, 2.05) is 36.4 Å². The molecule has 0 atom stereocenters. The number of anilines is 2. The summed E-state index contributed by atoms with van der Waals surface area (Å²) in [5, 5.41) is 15.6. The van der Waals surface area contributed by atoms with Crippen molar-refractivity contribution in [3.8, 4) is 0 Å². The zero-order valence-electron chi connectivity index (χ0n) is 18.3. The van der Waals surface area contributed by atoms with E-state index in [4.69, 9.17) is 10.8 Å². The Labute approximate surface area is 189 Å². The number of rotatable bonds is 6. The number of primary amides is 1. The largest absolute Gasteiger partial charge is 0.481 e. The zero-order chi connectivity index (χ0) is 22.8. The molecular weight excluding hydrogens is 406 g/mol. The molecule has 5 N–H and O–H groups in total. The molecule has 2 heterocycles. The molecule has 2 aromatic heterocycles. The molecule has 8 nitrogen and oxygen atoms in total. The number of hydrogen-bond donors (Lipinski definition) is 4. The van der Waals surface area contributed by atoms with E-state index in [1.165, 1.54) is 0 Å². The van der Waals surface area contributed by atoms with Crippen molar-refractivity contribution in [3.63, 3.8) is 0 Å². The van der Waals surface area contributed by atoms with Crippen LogP contribution in [-0.2, 0) is 9.59 Å². The molecule has 0 aromatic carbocycles. The van der Waals surface area contributed by atoms with Crippen LogP contribution in [0.3, 0.4) is 0 Å². The maximum Gasteiger partial charge on any atom is 0.306 e. The van der Waals surface area contributed by atoms with Gasteiger partial charge in [-0.1, -0.05) is 12.1 Å². The van der Waals surface area contributed by atoms with Crippen LogP contribution in [0.4, 0.5) is 11.6 Å². The van der Waals surface area contributed by atoms with Crippen molar-refractivity contribution in [2.24, 2.45) is 17.6 Å². The molecule has 0 aliphatic heterocycles. The summed E-state index contributed by atoms with van der Waals surface area (Å²) < 4.78 is 0. The number of carboxylic acids is 1. The van der Waals surface area contributed by atoms with Crippen molar-refractivity contribution < 1.29 is 14.7 Å². The zero-order valence-corrected chi connectivity index (χ0v) is 18.3. The lowest BCUT2D eigenvalue weighted by molar-refractivity contribution is -0.142. The van der Waals surface area contributed by atoms with Crippen molar-refractivity contribution in [1.29, 1.82) is 0 Å². The van der Waals surface area contributed by atoms with Crippen LogP contribution in [-0.4, -0.2) is 39.0 Å².